The summed E-state index contributed by atoms with van der Waals surface area (Å²) in [6.07, 6.45) is 13.2. The van der Waals surface area contributed by atoms with Crippen LogP contribution in [0.15, 0.2) is 12.2 Å². The molecule has 0 spiro atoms. The molecule has 2 fully saturated rings. The van der Waals surface area contributed by atoms with Crippen molar-refractivity contribution in [3.05, 3.63) is 12.2 Å². The van der Waals surface area contributed by atoms with Gasteiger partial charge in [0.1, 0.15) is 6.29 Å². The third kappa shape index (κ3) is 3.68. The van der Waals surface area contributed by atoms with Crippen LogP contribution in [0.1, 0.15) is 51.4 Å². The topological polar surface area (TPSA) is 54.4 Å². The molecule has 0 amide bonds. The van der Waals surface area contributed by atoms with Crippen LogP contribution >= 0.6 is 0 Å². The predicted octanol–water partition coefficient (Wildman–Crippen LogP) is 3.44. The fourth-order valence-electron chi connectivity index (χ4n) is 4.28. The predicted molar refractivity (Wildman–Crippen MR) is 73.7 cm³/mol. The fraction of sp³-hybridized carbons (Fsp3) is 0.750. The lowest BCUT2D eigenvalue weighted by Gasteiger charge is -2.29. The molecule has 0 unspecified atom stereocenters. The zero-order valence-corrected chi connectivity index (χ0v) is 11.5. The number of fused-ring (bicyclic) bond motifs is 2. The summed E-state index contributed by atoms with van der Waals surface area (Å²) in [5.41, 5.74) is 0. The van der Waals surface area contributed by atoms with Gasteiger partial charge in [-0.25, -0.2) is 4.79 Å². The maximum Gasteiger partial charge on any atom is 0.327 e. The van der Waals surface area contributed by atoms with E-state index in [1.54, 1.807) is 6.08 Å². The molecule has 0 radical (unpaired) electrons. The lowest BCUT2D eigenvalue weighted by atomic mass is 9.75. The third-order valence-corrected chi connectivity index (χ3v) is 5.06. The molecule has 4 atom stereocenters. The van der Waals surface area contributed by atoms with E-state index in [-0.39, 0.29) is 0 Å². The summed E-state index contributed by atoms with van der Waals surface area (Å²) in [5.74, 6) is 2.22. The van der Waals surface area contributed by atoms with E-state index in [4.69, 9.17) is 5.11 Å². The summed E-state index contributed by atoms with van der Waals surface area (Å²) in [5, 5.41) is 8.49. The van der Waals surface area contributed by atoms with Crippen LogP contribution < -0.4 is 0 Å². The smallest absolute Gasteiger partial charge is 0.327 e. The average molecular weight is 264 g/mol. The number of carboxylic acid groups (broad SMARTS) is 1. The Morgan fingerprint density at radius 1 is 1.16 bits per heavy atom. The molecule has 3 heteroatoms. The van der Waals surface area contributed by atoms with Gasteiger partial charge in [-0.1, -0.05) is 12.5 Å². The van der Waals surface area contributed by atoms with E-state index in [1.807, 2.05) is 0 Å². The maximum atomic E-state index is 10.8. The van der Waals surface area contributed by atoms with Crippen molar-refractivity contribution in [2.75, 3.05) is 0 Å². The first-order chi connectivity index (χ1) is 9.22. The lowest BCUT2D eigenvalue weighted by Crippen LogP contribution is -2.22. The Balaban J connectivity index is 1.70. The first-order valence-corrected chi connectivity index (χ1v) is 7.55. The second-order valence-corrected chi connectivity index (χ2v) is 6.09. The van der Waals surface area contributed by atoms with Crippen LogP contribution in [-0.2, 0) is 9.59 Å². The highest BCUT2D eigenvalue weighted by atomic mass is 16.4. The SMILES string of the molecule is O=CC[C@H]1[C@H]2CC[C@H](C2)[C@H]1CCCCC=CC(=O)O. The van der Waals surface area contributed by atoms with Crippen molar-refractivity contribution in [2.45, 2.75) is 51.4 Å². The molecule has 2 bridgehead atoms. The lowest BCUT2D eigenvalue weighted by molar-refractivity contribution is -0.131. The Hall–Kier alpha value is -1.12. The molecule has 0 saturated heterocycles. The second-order valence-electron chi connectivity index (χ2n) is 6.09. The molecule has 0 aromatic rings. The Labute approximate surface area is 115 Å². The summed E-state index contributed by atoms with van der Waals surface area (Å²) in [6, 6.07) is 0. The highest BCUT2D eigenvalue weighted by Gasteiger charge is 2.46. The van der Waals surface area contributed by atoms with Crippen molar-refractivity contribution in [2.24, 2.45) is 23.7 Å². The highest BCUT2D eigenvalue weighted by Crippen LogP contribution is 2.54. The third-order valence-electron chi connectivity index (χ3n) is 5.06. The molecule has 2 aliphatic rings. The average Bonchev–Trinajstić information content (AvgIpc) is 2.95. The Morgan fingerprint density at radius 2 is 1.89 bits per heavy atom. The largest absolute Gasteiger partial charge is 0.478 e. The van der Waals surface area contributed by atoms with Gasteiger partial charge in [-0.3, -0.25) is 0 Å². The number of allylic oxidation sites excluding steroid dienone is 1. The molecule has 3 nitrogen and oxygen atoms in total. The molecule has 106 valence electrons. The minimum atomic E-state index is -0.862. The van der Waals surface area contributed by atoms with Crippen LogP contribution in [0.3, 0.4) is 0 Å². The van der Waals surface area contributed by atoms with Crippen molar-refractivity contribution in [1.82, 2.24) is 0 Å². The molecular formula is C16H24O3. The van der Waals surface area contributed by atoms with E-state index >= 15 is 0 Å². The summed E-state index contributed by atoms with van der Waals surface area (Å²) in [6.45, 7) is 0. The van der Waals surface area contributed by atoms with Crippen LogP contribution in [0.25, 0.3) is 0 Å². The molecular weight excluding hydrogens is 240 g/mol. The zero-order valence-electron chi connectivity index (χ0n) is 11.5. The monoisotopic (exact) mass is 264 g/mol. The fourth-order valence-corrected chi connectivity index (χ4v) is 4.28. The van der Waals surface area contributed by atoms with E-state index in [9.17, 15) is 9.59 Å². The standard InChI is InChI=1S/C16H24O3/c17-10-9-15-13-8-7-12(11-13)14(15)5-3-1-2-4-6-16(18)19/h4,6,10,12-15H,1-3,5,7-9,11H2,(H,18,19)/t12-,13+,14-,15+/m1/s1. The molecule has 0 aromatic carbocycles. The number of aliphatic carboxylic acids is 1. The van der Waals surface area contributed by atoms with Gasteiger partial charge >= 0.3 is 5.97 Å². The molecule has 0 heterocycles. The minimum Gasteiger partial charge on any atom is -0.478 e. The van der Waals surface area contributed by atoms with Gasteiger partial charge in [0.25, 0.3) is 0 Å². The minimum absolute atomic E-state index is 0.644. The summed E-state index contributed by atoms with van der Waals surface area (Å²) in [4.78, 5) is 21.1. The molecule has 2 rings (SSSR count). The van der Waals surface area contributed by atoms with Gasteiger partial charge in [0.15, 0.2) is 0 Å². The molecule has 1 N–H and O–H groups in total. The summed E-state index contributed by atoms with van der Waals surface area (Å²) >= 11 is 0. The van der Waals surface area contributed by atoms with Crippen LogP contribution in [0.2, 0.25) is 0 Å². The molecule has 19 heavy (non-hydrogen) atoms. The maximum absolute atomic E-state index is 10.8. The first kappa shape index (κ1) is 14.3. The number of unbranched alkanes of at least 4 members (excludes halogenated alkanes) is 2. The number of carbonyl (C=O) groups excluding carboxylic acids is 1. The number of carbonyl (C=O) groups is 2. The molecule has 2 saturated carbocycles. The van der Waals surface area contributed by atoms with Crippen molar-refractivity contribution < 1.29 is 14.7 Å². The number of aldehydes is 1. The number of hydrogen-bond acceptors (Lipinski definition) is 2. The quantitative estimate of drug-likeness (QED) is 0.415. The van der Waals surface area contributed by atoms with E-state index < -0.39 is 5.97 Å². The second kappa shape index (κ2) is 6.88. The highest BCUT2D eigenvalue weighted by molar-refractivity contribution is 5.79. The van der Waals surface area contributed by atoms with Gasteiger partial charge in [-0.15, -0.1) is 0 Å². The van der Waals surface area contributed by atoms with Gasteiger partial charge in [-0.05, 0) is 62.2 Å². The number of rotatable bonds is 8. The molecule has 2 aliphatic carbocycles. The zero-order chi connectivity index (χ0) is 13.7. The van der Waals surface area contributed by atoms with E-state index in [2.05, 4.69) is 0 Å². The van der Waals surface area contributed by atoms with Crippen molar-refractivity contribution in [1.29, 1.82) is 0 Å². The molecule has 0 aromatic heterocycles. The normalized spacial score (nSPS) is 33.1. The van der Waals surface area contributed by atoms with Crippen molar-refractivity contribution in [3.63, 3.8) is 0 Å². The van der Waals surface area contributed by atoms with Crippen molar-refractivity contribution >= 4 is 12.3 Å². The summed E-state index contributed by atoms with van der Waals surface area (Å²) < 4.78 is 0. The van der Waals surface area contributed by atoms with Crippen LogP contribution in [-0.4, -0.2) is 17.4 Å². The van der Waals surface area contributed by atoms with Gasteiger partial charge in [-0.2, -0.15) is 0 Å². The Kier molecular flexibility index (Phi) is 5.17. The van der Waals surface area contributed by atoms with Gasteiger partial charge in [0.2, 0.25) is 0 Å². The number of carboxylic acids is 1. The van der Waals surface area contributed by atoms with E-state index in [0.717, 1.165) is 49.7 Å². The van der Waals surface area contributed by atoms with E-state index in [0.29, 0.717) is 5.92 Å². The van der Waals surface area contributed by atoms with Crippen molar-refractivity contribution in [3.8, 4) is 0 Å². The Morgan fingerprint density at radius 3 is 2.58 bits per heavy atom. The van der Waals surface area contributed by atoms with Gasteiger partial charge < -0.3 is 9.90 Å². The summed E-state index contributed by atoms with van der Waals surface area (Å²) in [7, 11) is 0. The van der Waals surface area contributed by atoms with Gasteiger partial charge in [0.05, 0.1) is 0 Å². The number of hydrogen-bond donors (Lipinski definition) is 1. The van der Waals surface area contributed by atoms with Crippen LogP contribution in [0, 0.1) is 23.7 Å². The van der Waals surface area contributed by atoms with Gasteiger partial charge in [0, 0.05) is 12.5 Å². The van der Waals surface area contributed by atoms with Crippen LogP contribution in [0.4, 0.5) is 0 Å². The first-order valence-electron chi connectivity index (χ1n) is 7.55. The Bertz CT molecular complexity index is 348. The van der Waals surface area contributed by atoms with E-state index in [1.165, 1.54) is 31.8 Å². The van der Waals surface area contributed by atoms with Crippen LogP contribution in [0.5, 0.6) is 0 Å². The molecule has 0 aliphatic heterocycles.